The van der Waals surface area contributed by atoms with Gasteiger partial charge in [0, 0.05) is 31.9 Å². The van der Waals surface area contributed by atoms with Crippen molar-refractivity contribution < 1.29 is 13.9 Å². The average Bonchev–Trinajstić information content (AvgIpc) is 3.26. The molecule has 1 aromatic carbocycles. The van der Waals surface area contributed by atoms with Crippen LogP contribution in [0.15, 0.2) is 24.3 Å². The molecule has 4 nitrogen and oxygen atoms in total. The number of hydrogen-bond acceptors (Lipinski definition) is 2. The van der Waals surface area contributed by atoms with Crippen LogP contribution in [0.1, 0.15) is 24.8 Å². The molecule has 1 aliphatic rings. The molecule has 2 rings (SSSR count). The highest BCUT2D eigenvalue weighted by Gasteiger charge is 2.20. The van der Waals surface area contributed by atoms with Crippen LogP contribution in [-0.2, 0) is 11.3 Å². The van der Waals surface area contributed by atoms with Crippen LogP contribution in [0, 0.1) is 11.7 Å². The molecular weight excluding hydrogens is 259 g/mol. The van der Waals surface area contributed by atoms with Crippen LogP contribution in [0.4, 0.5) is 9.18 Å². The molecule has 0 atom stereocenters. The van der Waals surface area contributed by atoms with Crippen LogP contribution < -0.4 is 10.6 Å². The molecule has 0 spiro atoms. The molecule has 0 heterocycles. The van der Waals surface area contributed by atoms with Crippen LogP contribution in [-0.4, -0.2) is 25.8 Å². The summed E-state index contributed by atoms with van der Waals surface area (Å²) in [6, 6.07) is 6.12. The highest BCUT2D eigenvalue weighted by atomic mass is 19.1. The summed E-state index contributed by atoms with van der Waals surface area (Å²) >= 11 is 0. The van der Waals surface area contributed by atoms with E-state index in [-0.39, 0.29) is 18.4 Å². The number of urea groups is 1. The molecule has 0 radical (unpaired) electrons. The zero-order valence-corrected chi connectivity index (χ0v) is 11.5. The third-order valence-electron chi connectivity index (χ3n) is 3.20. The first-order valence-corrected chi connectivity index (χ1v) is 7.08. The summed E-state index contributed by atoms with van der Waals surface area (Å²) in [5.41, 5.74) is 0.482. The van der Waals surface area contributed by atoms with Crippen LogP contribution in [0.2, 0.25) is 0 Å². The van der Waals surface area contributed by atoms with E-state index in [1.165, 1.54) is 18.9 Å². The zero-order valence-electron chi connectivity index (χ0n) is 11.5. The van der Waals surface area contributed by atoms with Gasteiger partial charge in [0.25, 0.3) is 0 Å². The van der Waals surface area contributed by atoms with Crippen molar-refractivity contribution in [3.05, 3.63) is 35.6 Å². The van der Waals surface area contributed by atoms with Gasteiger partial charge in [0.1, 0.15) is 5.82 Å². The van der Waals surface area contributed by atoms with Crippen molar-refractivity contribution in [3.63, 3.8) is 0 Å². The minimum absolute atomic E-state index is 0.191. The van der Waals surface area contributed by atoms with E-state index in [9.17, 15) is 9.18 Å². The second kappa shape index (κ2) is 7.85. The van der Waals surface area contributed by atoms with Crippen molar-refractivity contribution >= 4 is 6.03 Å². The largest absolute Gasteiger partial charge is 0.381 e. The van der Waals surface area contributed by atoms with Gasteiger partial charge in [-0.1, -0.05) is 18.2 Å². The number of benzene rings is 1. The number of amides is 2. The summed E-state index contributed by atoms with van der Waals surface area (Å²) in [6.07, 6.45) is 3.37. The number of halogens is 1. The van der Waals surface area contributed by atoms with Gasteiger partial charge in [-0.05, 0) is 31.2 Å². The first kappa shape index (κ1) is 14.8. The van der Waals surface area contributed by atoms with Gasteiger partial charge in [0.2, 0.25) is 0 Å². The maximum atomic E-state index is 13.3. The SMILES string of the molecule is O=C(NCCCOCC1CC1)NCc1ccccc1F. The van der Waals surface area contributed by atoms with E-state index in [0.717, 1.165) is 18.9 Å². The molecule has 0 aliphatic heterocycles. The Kier molecular flexibility index (Phi) is 5.80. The molecule has 20 heavy (non-hydrogen) atoms. The normalized spacial score (nSPS) is 14.1. The van der Waals surface area contributed by atoms with Gasteiger partial charge in [-0.25, -0.2) is 9.18 Å². The van der Waals surface area contributed by atoms with E-state index in [4.69, 9.17) is 4.74 Å². The molecule has 0 saturated heterocycles. The highest BCUT2D eigenvalue weighted by molar-refractivity contribution is 5.73. The molecule has 110 valence electrons. The quantitative estimate of drug-likeness (QED) is 0.719. The molecule has 0 bridgehead atoms. The smallest absolute Gasteiger partial charge is 0.315 e. The van der Waals surface area contributed by atoms with Gasteiger partial charge in [0.15, 0.2) is 0 Å². The fourth-order valence-corrected chi connectivity index (χ4v) is 1.79. The number of carbonyl (C=O) groups is 1. The Hall–Kier alpha value is -1.62. The van der Waals surface area contributed by atoms with Crippen molar-refractivity contribution in [2.75, 3.05) is 19.8 Å². The Morgan fingerprint density at radius 1 is 1.30 bits per heavy atom. The number of ether oxygens (including phenoxy) is 1. The summed E-state index contributed by atoms with van der Waals surface area (Å²) in [7, 11) is 0. The molecule has 1 saturated carbocycles. The Morgan fingerprint density at radius 2 is 2.10 bits per heavy atom. The third kappa shape index (κ3) is 5.57. The molecule has 5 heteroatoms. The topological polar surface area (TPSA) is 50.4 Å². The van der Waals surface area contributed by atoms with E-state index < -0.39 is 0 Å². The summed E-state index contributed by atoms with van der Waals surface area (Å²) in [4.78, 5) is 11.5. The van der Waals surface area contributed by atoms with E-state index in [1.807, 2.05) is 0 Å². The monoisotopic (exact) mass is 280 g/mol. The van der Waals surface area contributed by atoms with Gasteiger partial charge in [-0.15, -0.1) is 0 Å². The maximum absolute atomic E-state index is 13.3. The molecule has 1 fully saturated rings. The van der Waals surface area contributed by atoms with E-state index in [0.29, 0.717) is 18.7 Å². The van der Waals surface area contributed by atoms with Crippen molar-refractivity contribution in [3.8, 4) is 0 Å². The van der Waals surface area contributed by atoms with Gasteiger partial charge < -0.3 is 15.4 Å². The minimum Gasteiger partial charge on any atom is -0.381 e. The van der Waals surface area contributed by atoms with Crippen molar-refractivity contribution in [1.82, 2.24) is 10.6 Å². The molecule has 1 aromatic rings. The molecule has 0 unspecified atom stereocenters. The number of nitrogens with one attached hydrogen (secondary N) is 2. The molecule has 1 aliphatic carbocycles. The fourth-order valence-electron chi connectivity index (χ4n) is 1.79. The third-order valence-corrected chi connectivity index (χ3v) is 3.20. The van der Waals surface area contributed by atoms with Gasteiger partial charge >= 0.3 is 6.03 Å². The number of hydrogen-bond donors (Lipinski definition) is 2. The standard InChI is InChI=1S/C15H21FN2O2/c16-14-5-2-1-4-13(14)10-18-15(19)17-8-3-9-20-11-12-6-7-12/h1-2,4-5,12H,3,6-11H2,(H2,17,18,19). The lowest BCUT2D eigenvalue weighted by Crippen LogP contribution is -2.36. The van der Waals surface area contributed by atoms with Gasteiger partial charge in [0.05, 0.1) is 0 Å². The average molecular weight is 280 g/mol. The van der Waals surface area contributed by atoms with Crippen molar-refractivity contribution in [1.29, 1.82) is 0 Å². The molecule has 0 aromatic heterocycles. The minimum atomic E-state index is -0.304. The highest BCUT2D eigenvalue weighted by Crippen LogP contribution is 2.28. The zero-order chi connectivity index (χ0) is 14.2. The van der Waals surface area contributed by atoms with Crippen molar-refractivity contribution in [2.24, 2.45) is 5.92 Å². The van der Waals surface area contributed by atoms with Crippen LogP contribution in [0.5, 0.6) is 0 Å². The van der Waals surface area contributed by atoms with Gasteiger partial charge in [-0.3, -0.25) is 0 Å². The first-order valence-electron chi connectivity index (χ1n) is 7.08. The lowest BCUT2D eigenvalue weighted by Gasteiger charge is -2.08. The molecular formula is C15H21FN2O2. The number of carbonyl (C=O) groups excluding carboxylic acids is 1. The first-order chi connectivity index (χ1) is 9.75. The maximum Gasteiger partial charge on any atom is 0.315 e. The second-order valence-corrected chi connectivity index (χ2v) is 5.07. The van der Waals surface area contributed by atoms with Gasteiger partial charge in [-0.2, -0.15) is 0 Å². The predicted octanol–water partition coefficient (Wildman–Crippen LogP) is 2.44. The Bertz CT molecular complexity index is 436. The van der Waals surface area contributed by atoms with Crippen LogP contribution in [0.3, 0.4) is 0 Å². The summed E-state index contributed by atoms with van der Waals surface area (Å²) in [6.45, 7) is 2.27. The number of rotatable bonds is 8. The molecule has 2 amide bonds. The van der Waals surface area contributed by atoms with Crippen LogP contribution >= 0.6 is 0 Å². The predicted molar refractivity (Wildman–Crippen MR) is 74.8 cm³/mol. The Morgan fingerprint density at radius 3 is 2.85 bits per heavy atom. The Balaban J connectivity index is 1.50. The lowest BCUT2D eigenvalue weighted by molar-refractivity contribution is 0.122. The van der Waals surface area contributed by atoms with E-state index >= 15 is 0 Å². The Labute approximate surface area is 118 Å². The van der Waals surface area contributed by atoms with E-state index in [2.05, 4.69) is 10.6 Å². The summed E-state index contributed by atoms with van der Waals surface area (Å²) in [5, 5.41) is 5.35. The molecule has 2 N–H and O–H groups in total. The second-order valence-electron chi connectivity index (χ2n) is 5.07. The summed E-state index contributed by atoms with van der Waals surface area (Å²) in [5.74, 6) is 0.466. The summed E-state index contributed by atoms with van der Waals surface area (Å²) < 4.78 is 18.8. The van der Waals surface area contributed by atoms with Crippen molar-refractivity contribution in [2.45, 2.75) is 25.8 Å². The van der Waals surface area contributed by atoms with Crippen LogP contribution in [0.25, 0.3) is 0 Å². The van der Waals surface area contributed by atoms with E-state index in [1.54, 1.807) is 18.2 Å². The fraction of sp³-hybridized carbons (Fsp3) is 0.533. The lowest BCUT2D eigenvalue weighted by atomic mass is 10.2.